The van der Waals surface area contributed by atoms with Crippen molar-refractivity contribution in [2.75, 3.05) is 11.0 Å². The van der Waals surface area contributed by atoms with Crippen LogP contribution in [0, 0.1) is 0 Å². The fourth-order valence-electron chi connectivity index (χ4n) is 1.92. The highest BCUT2D eigenvalue weighted by molar-refractivity contribution is 7.92. The number of aromatic nitrogens is 3. The van der Waals surface area contributed by atoms with Gasteiger partial charge in [-0.3, -0.25) is 4.72 Å². The summed E-state index contributed by atoms with van der Waals surface area (Å²) in [6, 6.07) is 13.8. The van der Waals surface area contributed by atoms with Gasteiger partial charge in [-0.05, 0) is 42.5 Å². The predicted octanol–water partition coefficient (Wildman–Crippen LogP) is 2.43. The summed E-state index contributed by atoms with van der Waals surface area (Å²) in [5.41, 5.74) is 0.467. The number of hydrogen-bond donors (Lipinski definition) is 1. The van der Waals surface area contributed by atoms with Crippen molar-refractivity contribution < 1.29 is 13.2 Å². The first-order valence-corrected chi connectivity index (χ1v) is 8.61. The molecule has 0 unspecified atom stereocenters. The van der Waals surface area contributed by atoms with Crippen LogP contribution in [0.15, 0.2) is 60.9 Å². The van der Waals surface area contributed by atoms with Gasteiger partial charge in [0.15, 0.2) is 5.82 Å². The topological polar surface area (TPSA) is 86.1 Å². The molecule has 0 spiro atoms. The molecule has 7 nitrogen and oxygen atoms in total. The SMILES string of the molecule is CS(=O)(=O)Nc1ccc(Oc2ccc(-n3cccc3)nn2)cc1. The summed E-state index contributed by atoms with van der Waals surface area (Å²) in [6.45, 7) is 0. The van der Waals surface area contributed by atoms with E-state index < -0.39 is 10.0 Å². The number of nitrogens with zero attached hydrogens (tertiary/aromatic N) is 3. The Bertz CT molecular complexity index is 873. The van der Waals surface area contributed by atoms with Crippen molar-refractivity contribution in [3.63, 3.8) is 0 Å². The van der Waals surface area contributed by atoms with Crippen LogP contribution in [0.2, 0.25) is 0 Å². The fourth-order valence-corrected chi connectivity index (χ4v) is 2.48. The van der Waals surface area contributed by atoms with Gasteiger partial charge in [0, 0.05) is 24.1 Å². The van der Waals surface area contributed by atoms with Crippen LogP contribution in [0.4, 0.5) is 5.69 Å². The van der Waals surface area contributed by atoms with E-state index in [9.17, 15) is 8.42 Å². The molecule has 0 fully saturated rings. The number of nitrogens with one attached hydrogen (secondary N) is 1. The van der Waals surface area contributed by atoms with Gasteiger partial charge < -0.3 is 9.30 Å². The lowest BCUT2D eigenvalue weighted by Crippen LogP contribution is -2.09. The van der Waals surface area contributed by atoms with Crippen LogP contribution in [-0.2, 0) is 10.0 Å². The average Bonchev–Trinajstić information content (AvgIpc) is 3.03. The zero-order chi connectivity index (χ0) is 16.3. The molecule has 118 valence electrons. The second-order valence-corrected chi connectivity index (χ2v) is 6.57. The van der Waals surface area contributed by atoms with E-state index in [1.54, 1.807) is 36.4 Å². The minimum Gasteiger partial charge on any atom is -0.438 e. The highest BCUT2D eigenvalue weighted by Crippen LogP contribution is 2.21. The van der Waals surface area contributed by atoms with E-state index in [0.717, 1.165) is 6.26 Å². The van der Waals surface area contributed by atoms with Crippen LogP contribution >= 0.6 is 0 Å². The van der Waals surface area contributed by atoms with Crippen molar-refractivity contribution in [2.45, 2.75) is 0 Å². The zero-order valence-electron chi connectivity index (χ0n) is 12.2. The smallest absolute Gasteiger partial charge is 0.238 e. The lowest BCUT2D eigenvalue weighted by atomic mass is 10.3. The van der Waals surface area contributed by atoms with Gasteiger partial charge in [-0.1, -0.05) is 0 Å². The summed E-state index contributed by atoms with van der Waals surface area (Å²) in [4.78, 5) is 0. The summed E-state index contributed by atoms with van der Waals surface area (Å²) in [6.07, 6.45) is 4.84. The molecule has 0 saturated carbocycles. The second-order valence-electron chi connectivity index (χ2n) is 4.82. The minimum absolute atomic E-state index is 0.352. The van der Waals surface area contributed by atoms with Gasteiger partial charge in [0.2, 0.25) is 15.9 Å². The van der Waals surface area contributed by atoms with Crippen molar-refractivity contribution >= 4 is 15.7 Å². The van der Waals surface area contributed by atoms with E-state index in [1.165, 1.54) is 0 Å². The molecule has 0 aliphatic carbocycles. The monoisotopic (exact) mass is 330 g/mol. The molecule has 0 atom stereocenters. The van der Waals surface area contributed by atoms with E-state index in [4.69, 9.17) is 4.74 Å². The molecule has 3 rings (SSSR count). The Morgan fingerprint density at radius 3 is 2.26 bits per heavy atom. The predicted molar refractivity (Wildman–Crippen MR) is 86.3 cm³/mol. The normalized spacial score (nSPS) is 11.2. The van der Waals surface area contributed by atoms with Crippen molar-refractivity contribution in [1.82, 2.24) is 14.8 Å². The van der Waals surface area contributed by atoms with Crippen molar-refractivity contribution in [3.8, 4) is 17.4 Å². The Kier molecular flexibility index (Phi) is 3.98. The molecule has 0 amide bonds. The molecular formula is C15H14N4O3S. The summed E-state index contributed by atoms with van der Waals surface area (Å²) < 4.78 is 32.1. The van der Waals surface area contributed by atoms with Crippen molar-refractivity contribution in [3.05, 3.63) is 60.9 Å². The number of benzene rings is 1. The third-order valence-corrected chi connectivity index (χ3v) is 3.48. The van der Waals surface area contributed by atoms with Gasteiger partial charge >= 0.3 is 0 Å². The third kappa shape index (κ3) is 4.07. The Morgan fingerprint density at radius 1 is 1.00 bits per heavy atom. The molecule has 2 heterocycles. The van der Waals surface area contributed by atoms with E-state index in [-0.39, 0.29) is 0 Å². The van der Waals surface area contributed by atoms with E-state index in [1.807, 2.05) is 29.1 Å². The number of rotatable bonds is 5. The molecule has 23 heavy (non-hydrogen) atoms. The van der Waals surface area contributed by atoms with Gasteiger partial charge in [0.05, 0.1) is 6.26 Å². The Morgan fingerprint density at radius 2 is 1.70 bits per heavy atom. The largest absolute Gasteiger partial charge is 0.438 e. The molecule has 1 aromatic carbocycles. The number of ether oxygens (including phenoxy) is 1. The number of hydrogen-bond acceptors (Lipinski definition) is 5. The first-order valence-electron chi connectivity index (χ1n) is 6.72. The van der Waals surface area contributed by atoms with Crippen LogP contribution in [0.5, 0.6) is 11.6 Å². The van der Waals surface area contributed by atoms with E-state index >= 15 is 0 Å². The fraction of sp³-hybridized carbons (Fsp3) is 0.0667. The zero-order valence-corrected chi connectivity index (χ0v) is 13.1. The lowest BCUT2D eigenvalue weighted by Gasteiger charge is -2.07. The first-order chi connectivity index (χ1) is 11.0. The van der Waals surface area contributed by atoms with Gasteiger partial charge in [-0.2, -0.15) is 0 Å². The summed E-state index contributed by atoms with van der Waals surface area (Å²) in [7, 11) is -3.29. The van der Waals surface area contributed by atoms with E-state index in [2.05, 4.69) is 14.9 Å². The van der Waals surface area contributed by atoms with Gasteiger partial charge in [-0.25, -0.2) is 8.42 Å². The summed E-state index contributed by atoms with van der Waals surface area (Å²) in [5, 5.41) is 8.09. The van der Waals surface area contributed by atoms with Crippen LogP contribution in [-0.4, -0.2) is 29.4 Å². The van der Waals surface area contributed by atoms with Crippen molar-refractivity contribution in [2.24, 2.45) is 0 Å². The Labute approximate surface area is 133 Å². The van der Waals surface area contributed by atoms with Crippen LogP contribution in [0.1, 0.15) is 0 Å². The molecule has 2 aromatic heterocycles. The molecule has 3 aromatic rings. The Balaban J connectivity index is 1.69. The van der Waals surface area contributed by atoms with Gasteiger partial charge in [-0.15, -0.1) is 10.2 Å². The molecule has 0 aliphatic heterocycles. The molecule has 1 N–H and O–H groups in total. The first kappa shape index (κ1) is 15.0. The highest BCUT2D eigenvalue weighted by Gasteiger charge is 2.04. The van der Waals surface area contributed by atoms with Crippen LogP contribution in [0.3, 0.4) is 0 Å². The standard InChI is InChI=1S/C15H14N4O3S/c1-23(20,21)18-12-4-6-13(7-5-12)22-15-9-8-14(16-17-15)19-10-2-3-11-19/h2-11,18H,1H3. The van der Waals surface area contributed by atoms with Gasteiger partial charge in [0.25, 0.3) is 0 Å². The van der Waals surface area contributed by atoms with Gasteiger partial charge in [0.1, 0.15) is 5.75 Å². The summed E-state index contributed by atoms with van der Waals surface area (Å²) >= 11 is 0. The maximum Gasteiger partial charge on any atom is 0.238 e. The second kappa shape index (κ2) is 6.09. The van der Waals surface area contributed by atoms with Crippen LogP contribution < -0.4 is 9.46 Å². The van der Waals surface area contributed by atoms with Crippen molar-refractivity contribution in [1.29, 1.82) is 0 Å². The number of anilines is 1. The minimum atomic E-state index is -3.29. The van der Waals surface area contributed by atoms with E-state index in [0.29, 0.717) is 23.1 Å². The molecule has 0 aliphatic rings. The molecular weight excluding hydrogens is 316 g/mol. The highest BCUT2D eigenvalue weighted by atomic mass is 32.2. The number of sulfonamides is 1. The average molecular weight is 330 g/mol. The molecule has 8 heteroatoms. The molecule has 0 bridgehead atoms. The summed E-state index contributed by atoms with van der Waals surface area (Å²) in [5.74, 6) is 1.58. The quantitative estimate of drug-likeness (QED) is 0.776. The lowest BCUT2D eigenvalue weighted by molar-refractivity contribution is 0.454. The Hall–Kier alpha value is -2.87. The third-order valence-electron chi connectivity index (χ3n) is 2.87. The maximum atomic E-state index is 11.1. The maximum absolute atomic E-state index is 11.1. The molecule has 0 radical (unpaired) electrons. The van der Waals surface area contributed by atoms with Crippen LogP contribution in [0.25, 0.3) is 5.82 Å². The molecule has 0 saturated heterocycles.